The minimum atomic E-state index is 0.442. The lowest BCUT2D eigenvalue weighted by atomic mass is 9.73. The van der Waals surface area contributed by atoms with Crippen LogP contribution in [0.1, 0.15) is 33.1 Å². The molecule has 2 aliphatic rings. The molecule has 59 valence electrons. The van der Waals surface area contributed by atoms with Crippen LogP contribution in [0.4, 0.5) is 0 Å². The average Bonchev–Trinajstić information content (AvgIpc) is 2.34. The van der Waals surface area contributed by atoms with E-state index in [0.717, 1.165) is 0 Å². The van der Waals surface area contributed by atoms with Gasteiger partial charge < -0.3 is 0 Å². The summed E-state index contributed by atoms with van der Waals surface area (Å²) in [5.41, 5.74) is 3.61. The van der Waals surface area contributed by atoms with Crippen LogP contribution in [0, 0.1) is 11.8 Å². The van der Waals surface area contributed by atoms with E-state index in [1.54, 1.807) is 11.1 Å². The summed E-state index contributed by atoms with van der Waals surface area (Å²) in [5, 5.41) is 0. The molecule has 0 spiro atoms. The topological polar surface area (TPSA) is 0 Å². The zero-order valence-electron chi connectivity index (χ0n) is 7.35. The Morgan fingerprint density at radius 2 is 2.18 bits per heavy atom. The smallest absolute Gasteiger partial charge is 0.00919 e. The summed E-state index contributed by atoms with van der Waals surface area (Å²) < 4.78 is 0. The normalized spacial score (nSPS) is 27.5. The highest BCUT2D eigenvalue weighted by Crippen LogP contribution is 2.44. The quantitative estimate of drug-likeness (QED) is 0.493. The van der Waals surface area contributed by atoms with Gasteiger partial charge in [0.15, 0.2) is 0 Å². The van der Waals surface area contributed by atoms with E-state index in [0.29, 0.717) is 5.41 Å². The van der Waals surface area contributed by atoms with Gasteiger partial charge in [-0.05, 0) is 30.3 Å². The van der Waals surface area contributed by atoms with Crippen molar-refractivity contribution >= 4 is 0 Å². The molecular formula is C11H15. The molecule has 0 N–H and O–H groups in total. The van der Waals surface area contributed by atoms with Gasteiger partial charge in [0.25, 0.3) is 0 Å². The van der Waals surface area contributed by atoms with E-state index in [1.165, 1.54) is 19.3 Å². The summed E-state index contributed by atoms with van der Waals surface area (Å²) in [6.07, 6.45) is 10.8. The SMILES string of the molecule is CC1(C)CCCC2=C1[CH]C=C2. The van der Waals surface area contributed by atoms with Gasteiger partial charge in [-0.3, -0.25) is 0 Å². The van der Waals surface area contributed by atoms with Crippen LogP contribution < -0.4 is 0 Å². The van der Waals surface area contributed by atoms with Crippen molar-refractivity contribution in [2.75, 3.05) is 0 Å². The Labute approximate surface area is 69.0 Å². The fraction of sp³-hybridized carbons (Fsp3) is 0.545. The molecule has 0 bridgehead atoms. The highest BCUT2D eigenvalue weighted by molar-refractivity contribution is 5.46. The van der Waals surface area contributed by atoms with Crippen molar-refractivity contribution in [2.24, 2.45) is 5.41 Å². The van der Waals surface area contributed by atoms with Crippen molar-refractivity contribution in [3.63, 3.8) is 0 Å². The summed E-state index contributed by atoms with van der Waals surface area (Å²) in [7, 11) is 0. The third-order valence-corrected chi connectivity index (χ3v) is 2.88. The minimum Gasteiger partial charge on any atom is -0.0761 e. The van der Waals surface area contributed by atoms with Gasteiger partial charge in [-0.25, -0.2) is 0 Å². The predicted molar refractivity (Wildman–Crippen MR) is 48.1 cm³/mol. The Balaban J connectivity index is 2.36. The molecule has 0 fully saturated rings. The van der Waals surface area contributed by atoms with E-state index in [1.807, 2.05) is 0 Å². The van der Waals surface area contributed by atoms with Crippen molar-refractivity contribution in [3.8, 4) is 0 Å². The summed E-state index contributed by atoms with van der Waals surface area (Å²) >= 11 is 0. The van der Waals surface area contributed by atoms with Crippen molar-refractivity contribution < 1.29 is 0 Å². The van der Waals surface area contributed by atoms with Crippen LogP contribution >= 0.6 is 0 Å². The molecule has 0 aromatic rings. The molecule has 0 unspecified atom stereocenters. The Morgan fingerprint density at radius 3 is 2.91 bits per heavy atom. The van der Waals surface area contributed by atoms with Gasteiger partial charge in [-0.2, -0.15) is 0 Å². The van der Waals surface area contributed by atoms with E-state index in [9.17, 15) is 0 Å². The van der Waals surface area contributed by atoms with Crippen LogP contribution in [0.3, 0.4) is 0 Å². The Bertz CT molecular complexity index is 228. The molecule has 0 amide bonds. The van der Waals surface area contributed by atoms with Crippen molar-refractivity contribution in [2.45, 2.75) is 33.1 Å². The predicted octanol–water partition coefficient (Wildman–Crippen LogP) is 3.27. The first-order chi connectivity index (χ1) is 5.20. The Hall–Kier alpha value is -0.520. The molecule has 2 rings (SSSR count). The number of hydrogen-bond donors (Lipinski definition) is 0. The van der Waals surface area contributed by atoms with E-state index in [4.69, 9.17) is 0 Å². The molecule has 0 aromatic carbocycles. The fourth-order valence-corrected chi connectivity index (χ4v) is 2.19. The number of hydrogen-bond acceptors (Lipinski definition) is 0. The van der Waals surface area contributed by atoms with E-state index in [2.05, 4.69) is 32.4 Å². The molecule has 0 aliphatic heterocycles. The Morgan fingerprint density at radius 1 is 1.36 bits per heavy atom. The van der Waals surface area contributed by atoms with Gasteiger partial charge in [0.05, 0.1) is 0 Å². The van der Waals surface area contributed by atoms with Gasteiger partial charge in [-0.1, -0.05) is 31.6 Å². The maximum absolute atomic E-state index is 2.35. The molecule has 1 radical (unpaired) electrons. The lowest BCUT2D eigenvalue weighted by Crippen LogP contribution is -2.18. The molecule has 0 heterocycles. The van der Waals surface area contributed by atoms with E-state index < -0.39 is 0 Å². The average molecular weight is 147 g/mol. The second-order valence-electron chi connectivity index (χ2n) is 4.20. The summed E-state index contributed by atoms with van der Waals surface area (Å²) in [6, 6.07) is 0. The molecule has 0 heteroatoms. The van der Waals surface area contributed by atoms with Crippen molar-refractivity contribution in [3.05, 3.63) is 29.7 Å². The first-order valence-corrected chi connectivity index (χ1v) is 4.45. The van der Waals surface area contributed by atoms with Gasteiger partial charge in [0.2, 0.25) is 0 Å². The summed E-state index contributed by atoms with van der Waals surface area (Å²) in [5.74, 6) is 0. The molecule has 0 saturated carbocycles. The minimum absolute atomic E-state index is 0.442. The number of rotatable bonds is 0. The summed E-state index contributed by atoms with van der Waals surface area (Å²) in [6.45, 7) is 4.70. The van der Waals surface area contributed by atoms with Crippen molar-refractivity contribution in [1.82, 2.24) is 0 Å². The molecule has 0 aromatic heterocycles. The number of allylic oxidation sites excluding steroid dienone is 4. The molecule has 0 atom stereocenters. The van der Waals surface area contributed by atoms with Crippen LogP contribution in [0.2, 0.25) is 0 Å². The lowest BCUT2D eigenvalue weighted by molar-refractivity contribution is 0.378. The van der Waals surface area contributed by atoms with E-state index >= 15 is 0 Å². The van der Waals surface area contributed by atoms with Crippen LogP contribution in [-0.2, 0) is 0 Å². The second-order valence-corrected chi connectivity index (χ2v) is 4.20. The maximum atomic E-state index is 2.35. The largest absolute Gasteiger partial charge is 0.0761 e. The van der Waals surface area contributed by atoms with Crippen LogP contribution in [0.25, 0.3) is 0 Å². The summed E-state index contributed by atoms with van der Waals surface area (Å²) in [4.78, 5) is 0. The molecule has 11 heavy (non-hydrogen) atoms. The molecule has 0 nitrogen and oxygen atoms in total. The van der Waals surface area contributed by atoms with Crippen LogP contribution in [0.5, 0.6) is 0 Å². The molecular weight excluding hydrogens is 132 g/mol. The van der Waals surface area contributed by atoms with Gasteiger partial charge >= 0.3 is 0 Å². The monoisotopic (exact) mass is 147 g/mol. The third kappa shape index (κ3) is 1.05. The van der Waals surface area contributed by atoms with E-state index in [-0.39, 0.29) is 0 Å². The Kier molecular flexibility index (Phi) is 1.45. The standard InChI is InChI=1S/C11H15/c1-11(2)8-4-6-9-5-3-7-10(9)11/h3,5,7H,4,6,8H2,1-2H3. The molecule has 2 aliphatic carbocycles. The van der Waals surface area contributed by atoms with Crippen molar-refractivity contribution in [1.29, 1.82) is 0 Å². The third-order valence-electron chi connectivity index (χ3n) is 2.88. The lowest BCUT2D eigenvalue weighted by Gasteiger charge is -2.32. The first-order valence-electron chi connectivity index (χ1n) is 4.45. The second kappa shape index (κ2) is 2.23. The highest BCUT2D eigenvalue weighted by Gasteiger charge is 2.29. The van der Waals surface area contributed by atoms with Gasteiger partial charge in [-0.15, -0.1) is 0 Å². The van der Waals surface area contributed by atoms with Gasteiger partial charge in [0, 0.05) is 6.42 Å². The first kappa shape index (κ1) is 7.15. The van der Waals surface area contributed by atoms with Crippen LogP contribution in [-0.4, -0.2) is 0 Å². The highest BCUT2D eigenvalue weighted by atomic mass is 14.3. The van der Waals surface area contributed by atoms with Gasteiger partial charge in [0.1, 0.15) is 0 Å². The maximum Gasteiger partial charge on any atom is 0.00919 e. The van der Waals surface area contributed by atoms with Crippen LogP contribution in [0.15, 0.2) is 23.3 Å². The molecule has 0 saturated heterocycles. The fourth-order valence-electron chi connectivity index (χ4n) is 2.19. The zero-order valence-corrected chi connectivity index (χ0v) is 7.35. The zero-order chi connectivity index (χ0) is 7.90.